The van der Waals surface area contributed by atoms with Crippen LogP contribution in [0.5, 0.6) is 0 Å². The Morgan fingerprint density at radius 2 is 2.24 bits per heavy atom. The molecule has 2 fully saturated rings. The van der Waals surface area contributed by atoms with Crippen LogP contribution in [0, 0.1) is 0 Å². The van der Waals surface area contributed by atoms with Gasteiger partial charge < -0.3 is 14.6 Å². The van der Waals surface area contributed by atoms with Gasteiger partial charge in [0.05, 0.1) is 6.61 Å². The first-order valence-corrected chi connectivity index (χ1v) is 6.47. The minimum Gasteiger partial charge on any atom is -0.381 e. The molecule has 2 aliphatic heterocycles. The van der Waals surface area contributed by atoms with Gasteiger partial charge in [-0.15, -0.1) is 0 Å². The summed E-state index contributed by atoms with van der Waals surface area (Å²) in [4.78, 5) is 4.56. The maximum atomic E-state index is 5.42. The van der Waals surface area contributed by atoms with Crippen molar-refractivity contribution < 1.29 is 9.26 Å². The predicted molar refractivity (Wildman–Crippen MR) is 61.9 cm³/mol. The molecule has 5 nitrogen and oxygen atoms in total. The van der Waals surface area contributed by atoms with Crippen molar-refractivity contribution in [1.29, 1.82) is 0 Å². The molecule has 2 aliphatic rings. The van der Waals surface area contributed by atoms with Crippen LogP contribution in [0.3, 0.4) is 0 Å². The first-order chi connectivity index (χ1) is 8.33. The van der Waals surface area contributed by atoms with E-state index in [0.29, 0.717) is 17.9 Å². The zero-order valence-corrected chi connectivity index (χ0v) is 10.2. The summed E-state index contributed by atoms with van der Waals surface area (Å²) < 4.78 is 10.8. The van der Waals surface area contributed by atoms with Crippen molar-refractivity contribution in [3.63, 3.8) is 0 Å². The Morgan fingerprint density at radius 3 is 3.00 bits per heavy atom. The second kappa shape index (κ2) is 4.74. The summed E-state index contributed by atoms with van der Waals surface area (Å²) in [6.07, 6.45) is 3.19. The average Bonchev–Trinajstić information content (AvgIpc) is 3.00. The molecule has 0 aromatic carbocycles. The minimum absolute atomic E-state index is 0.339. The van der Waals surface area contributed by atoms with Gasteiger partial charge in [0, 0.05) is 24.5 Å². The van der Waals surface area contributed by atoms with Crippen molar-refractivity contribution in [2.24, 2.45) is 0 Å². The Labute approximate surface area is 101 Å². The third-order valence-electron chi connectivity index (χ3n) is 3.73. The second-order valence-corrected chi connectivity index (χ2v) is 5.13. The lowest BCUT2D eigenvalue weighted by Gasteiger charge is -2.25. The van der Waals surface area contributed by atoms with E-state index in [4.69, 9.17) is 9.26 Å². The van der Waals surface area contributed by atoms with Crippen LogP contribution in [0.2, 0.25) is 0 Å². The van der Waals surface area contributed by atoms with Gasteiger partial charge in [0.25, 0.3) is 0 Å². The molecule has 1 aromatic heterocycles. The van der Waals surface area contributed by atoms with E-state index < -0.39 is 0 Å². The molecule has 1 N–H and O–H groups in total. The normalized spacial score (nSPS) is 34.1. The lowest BCUT2D eigenvalue weighted by Crippen LogP contribution is -2.34. The van der Waals surface area contributed by atoms with Crippen LogP contribution in [0.1, 0.15) is 49.7 Å². The maximum Gasteiger partial charge on any atom is 0.229 e. The molecule has 0 amide bonds. The van der Waals surface area contributed by atoms with E-state index in [9.17, 15) is 0 Å². The second-order valence-electron chi connectivity index (χ2n) is 5.13. The molecule has 0 aliphatic carbocycles. The van der Waals surface area contributed by atoms with E-state index in [-0.39, 0.29) is 0 Å². The molecule has 3 rings (SSSR count). The summed E-state index contributed by atoms with van der Waals surface area (Å²) in [7, 11) is 0. The van der Waals surface area contributed by atoms with Gasteiger partial charge in [-0.2, -0.15) is 4.98 Å². The Balaban J connectivity index is 1.70. The first-order valence-electron chi connectivity index (χ1n) is 6.47. The third kappa shape index (κ3) is 2.35. The molecule has 5 heteroatoms. The molecule has 3 atom stereocenters. The molecule has 94 valence electrons. The molecule has 0 bridgehead atoms. The highest BCUT2D eigenvalue weighted by molar-refractivity contribution is 5.02. The number of nitrogens with one attached hydrogen (secondary N) is 1. The van der Waals surface area contributed by atoms with E-state index in [1.54, 1.807) is 0 Å². The summed E-state index contributed by atoms with van der Waals surface area (Å²) in [6.45, 7) is 4.80. The highest BCUT2D eigenvalue weighted by Crippen LogP contribution is 2.29. The lowest BCUT2D eigenvalue weighted by atomic mass is 9.93. The molecule has 1 unspecified atom stereocenters. The Bertz CT molecular complexity index is 374. The molecule has 17 heavy (non-hydrogen) atoms. The van der Waals surface area contributed by atoms with Crippen molar-refractivity contribution in [3.05, 3.63) is 11.7 Å². The van der Waals surface area contributed by atoms with Gasteiger partial charge in [0.1, 0.15) is 0 Å². The molecule has 3 heterocycles. The molecule has 2 saturated heterocycles. The number of hydrogen-bond acceptors (Lipinski definition) is 5. The first kappa shape index (κ1) is 11.2. The third-order valence-corrected chi connectivity index (χ3v) is 3.73. The molecular formula is C12H19N3O2. The molecule has 0 saturated carbocycles. The monoisotopic (exact) mass is 237 g/mol. The number of aromatic nitrogens is 2. The summed E-state index contributed by atoms with van der Waals surface area (Å²) in [5, 5.41) is 7.55. The van der Waals surface area contributed by atoms with Crippen molar-refractivity contribution in [1.82, 2.24) is 15.5 Å². The lowest BCUT2D eigenvalue weighted by molar-refractivity contribution is 0.192. The van der Waals surface area contributed by atoms with Crippen LogP contribution >= 0.6 is 0 Å². The fourth-order valence-electron chi connectivity index (χ4n) is 2.67. The van der Waals surface area contributed by atoms with E-state index in [0.717, 1.165) is 50.7 Å². The molecule has 0 spiro atoms. The smallest absolute Gasteiger partial charge is 0.229 e. The van der Waals surface area contributed by atoms with Crippen LogP contribution < -0.4 is 5.32 Å². The average molecular weight is 237 g/mol. The van der Waals surface area contributed by atoms with Gasteiger partial charge in [0.2, 0.25) is 5.89 Å². The molecule has 0 radical (unpaired) electrons. The number of hydrogen-bond donors (Lipinski definition) is 1. The Hall–Kier alpha value is -0.940. The van der Waals surface area contributed by atoms with Crippen LogP contribution in [-0.2, 0) is 4.74 Å². The fraction of sp³-hybridized carbons (Fsp3) is 0.833. The number of nitrogens with zero attached hydrogens (tertiary/aromatic N) is 2. The van der Waals surface area contributed by atoms with Crippen LogP contribution in [0.25, 0.3) is 0 Å². The van der Waals surface area contributed by atoms with Crippen molar-refractivity contribution in [2.45, 2.75) is 44.1 Å². The standard InChI is InChI=1S/C12H19N3O2/c1-8-6-9(2-4-13-8)12-14-11(15-17-12)10-3-5-16-7-10/h8-10,13H,2-7H2,1H3/t8-,9-,10?/m0/s1. The topological polar surface area (TPSA) is 60.2 Å². The summed E-state index contributed by atoms with van der Waals surface area (Å²) in [5.74, 6) is 2.42. The van der Waals surface area contributed by atoms with Crippen LogP contribution in [0.15, 0.2) is 4.52 Å². The zero-order chi connectivity index (χ0) is 11.7. The maximum absolute atomic E-state index is 5.42. The van der Waals surface area contributed by atoms with Crippen LogP contribution in [0.4, 0.5) is 0 Å². The zero-order valence-electron chi connectivity index (χ0n) is 10.2. The predicted octanol–water partition coefficient (Wildman–Crippen LogP) is 1.43. The van der Waals surface area contributed by atoms with Gasteiger partial charge in [-0.3, -0.25) is 0 Å². The van der Waals surface area contributed by atoms with E-state index >= 15 is 0 Å². The highest BCUT2D eigenvalue weighted by Gasteiger charge is 2.28. The minimum atomic E-state index is 0.339. The summed E-state index contributed by atoms with van der Waals surface area (Å²) >= 11 is 0. The molecular weight excluding hydrogens is 218 g/mol. The van der Waals surface area contributed by atoms with E-state index in [2.05, 4.69) is 22.4 Å². The van der Waals surface area contributed by atoms with Crippen LogP contribution in [-0.4, -0.2) is 35.9 Å². The largest absolute Gasteiger partial charge is 0.381 e. The van der Waals surface area contributed by atoms with Gasteiger partial charge in [-0.05, 0) is 32.7 Å². The molecule has 1 aromatic rings. The van der Waals surface area contributed by atoms with E-state index in [1.807, 2.05) is 0 Å². The fourth-order valence-corrected chi connectivity index (χ4v) is 2.67. The van der Waals surface area contributed by atoms with Gasteiger partial charge in [0.15, 0.2) is 5.82 Å². The summed E-state index contributed by atoms with van der Waals surface area (Å²) in [6, 6.07) is 0.541. The van der Waals surface area contributed by atoms with E-state index in [1.165, 1.54) is 0 Å². The highest BCUT2D eigenvalue weighted by atomic mass is 16.5. The number of rotatable bonds is 2. The quantitative estimate of drug-likeness (QED) is 0.843. The summed E-state index contributed by atoms with van der Waals surface area (Å²) in [5.41, 5.74) is 0. The Morgan fingerprint density at radius 1 is 1.29 bits per heavy atom. The van der Waals surface area contributed by atoms with Crippen molar-refractivity contribution in [2.75, 3.05) is 19.8 Å². The van der Waals surface area contributed by atoms with Crippen molar-refractivity contribution in [3.8, 4) is 0 Å². The Kier molecular flexibility index (Phi) is 3.11. The number of piperidine rings is 1. The van der Waals surface area contributed by atoms with Crippen molar-refractivity contribution >= 4 is 0 Å². The number of ether oxygens (including phenoxy) is 1. The van der Waals surface area contributed by atoms with Gasteiger partial charge in [-0.1, -0.05) is 5.16 Å². The van der Waals surface area contributed by atoms with Gasteiger partial charge >= 0.3 is 0 Å². The SMILES string of the molecule is C[C@H]1C[C@@H](c2nc(C3CCOC3)no2)CCN1. The van der Waals surface area contributed by atoms with Gasteiger partial charge in [-0.25, -0.2) is 0 Å².